The molecule has 0 spiro atoms. The van der Waals surface area contributed by atoms with E-state index in [1.165, 1.54) is 24.2 Å². The number of imidazole rings is 1. The van der Waals surface area contributed by atoms with E-state index in [9.17, 15) is 0 Å². The van der Waals surface area contributed by atoms with Crippen molar-refractivity contribution in [1.29, 1.82) is 0 Å². The van der Waals surface area contributed by atoms with Crippen LogP contribution in [0.4, 0.5) is 0 Å². The van der Waals surface area contributed by atoms with Crippen molar-refractivity contribution in [3.05, 3.63) is 17.7 Å². The fourth-order valence-corrected chi connectivity index (χ4v) is 1.27. The summed E-state index contributed by atoms with van der Waals surface area (Å²) in [4.78, 5) is 4.34. The Morgan fingerprint density at radius 3 is 2.70 bits per heavy atom. The van der Waals surface area contributed by atoms with Crippen molar-refractivity contribution in [2.45, 2.75) is 25.7 Å². The highest BCUT2D eigenvalue weighted by Gasteiger charge is 2.27. The van der Waals surface area contributed by atoms with Crippen LogP contribution in [0.15, 0.2) is 6.33 Å². The Hall–Kier alpha value is -0.790. The predicted octanol–water partition coefficient (Wildman–Crippen LogP) is 1.61. The van der Waals surface area contributed by atoms with Crippen molar-refractivity contribution in [2.24, 2.45) is 7.05 Å². The number of nitrogens with zero attached hydrogens (tertiary/aromatic N) is 2. The molecule has 1 fully saturated rings. The van der Waals surface area contributed by atoms with Crippen LogP contribution in [0.5, 0.6) is 0 Å². The molecule has 2 rings (SSSR count). The molecule has 1 aromatic rings. The highest BCUT2D eigenvalue weighted by molar-refractivity contribution is 5.20. The fraction of sp³-hybridized carbons (Fsp3) is 0.625. The van der Waals surface area contributed by atoms with E-state index >= 15 is 0 Å². The van der Waals surface area contributed by atoms with Crippen LogP contribution in [0.3, 0.4) is 0 Å². The van der Waals surface area contributed by atoms with Crippen molar-refractivity contribution in [3.63, 3.8) is 0 Å². The molecule has 10 heavy (non-hydrogen) atoms. The van der Waals surface area contributed by atoms with Gasteiger partial charge in [0.05, 0.1) is 12.0 Å². The van der Waals surface area contributed by atoms with Crippen molar-refractivity contribution < 1.29 is 0 Å². The lowest BCUT2D eigenvalue weighted by atomic mass is 10.2. The Morgan fingerprint density at radius 1 is 1.60 bits per heavy atom. The zero-order chi connectivity index (χ0) is 7.14. The molecule has 0 amide bonds. The number of rotatable bonds is 1. The van der Waals surface area contributed by atoms with Gasteiger partial charge in [0.25, 0.3) is 0 Å². The van der Waals surface area contributed by atoms with Gasteiger partial charge in [-0.15, -0.1) is 0 Å². The van der Waals surface area contributed by atoms with Gasteiger partial charge in [-0.2, -0.15) is 0 Å². The van der Waals surface area contributed by atoms with Gasteiger partial charge in [-0.3, -0.25) is 0 Å². The lowest BCUT2D eigenvalue weighted by Gasteiger charge is -1.95. The SMILES string of the molecule is Cc1c(C2CC2)ncn1C. The largest absolute Gasteiger partial charge is 0.338 e. The molecule has 0 N–H and O–H groups in total. The maximum Gasteiger partial charge on any atom is 0.0949 e. The molecule has 54 valence electrons. The maximum absolute atomic E-state index is 4.34. The summed E-state index contributed by atoms with van der Waals surface area (Å²) in [6.45, 7) is 2.14. The van der Waals surface area contributed by atoms with Gasteiger partial charge < -0.3 is 4.57 Å². The molecule has 0 unspecified atom stereocenters. The maximum atomic E-state index is 4.34. The molecule has 1 heterocycles. The van der Waals surface area contributed by atoms with Crippen molar-refractivity contribution in [1.82, 2.24) is 9.55 Å². The topological polar surface area (TPSA) is 17.8 Å². The van der Waals surface area contributed by atoms with Crippen molar-refractivity contribution >= 4 is 0 Å². The van der Waals surface area contributed by atoms with Crippen LogP contribution in [0, 0.1) is 6.92 Å². The lowest BCUT2D eigenvalue weighted by molar-refractivity contribution is 0.866. The van der Waals surface area contributed by atoms with Crippen LogP contribution in [-0.4, -0.2) is 9.55 Å². The van der Waals surface area contributed by atoms with Gasteiger partial charge in [0.1, 0.15) is 0 Å². The highest BCUT2D eigenvalue weighted by Crippen LogP contribution is 2.40. The van der Waals surface area contributed by atoms with E-state index in [0.29, 0.717) is 0 Å². The third-order valence-electron chi connectivity index (χ3n) is 2.23. The Morgan fingerprint density at radius 2 is 2.30 bits per heavy atom. The van der Waals surface area contributed by atoms with E-state index in [1.807, 2.05) is 13.4 Å². The molecular formula is C8H12N2. The normalized spacial score (nSPS) is 17.8. The molecule has 2 heteroatoms. The summed E-state index contributed by atoms with van der Waals surface area (Å²) in [6, 6.07) is 0. The summed E-state index contributed by atoms with van der Waals surface area (Å²) in [5, 5.41) is 0. The summed E-state index contributed by atoms with van der Waals surface area (Å²) < 4.78 is 2.09. The number of aromatic nitrogens is 2. The number of aryl methyl sites for hydroxylation is 1. The molecule has 0 aromatic carbocycles. The third kappa shape index (κ3) is 0.753. The van der Waals surface area contributed by atoms with E-state index in [-0.39, 0.29) is 0 Å². The van der Waals surface area contributed by atoms with Gasteiger partial charge >= 0.3 is 0 Å². The predicted molar refractivity (Wildman–Crippen MR) is 39.9 cm³/mol. The van der Waals surface area contributed by atoms with E-state index in [2.05, 4.69) is 16.5 Å². The van der Waals surface area contributed by atoms with Crippen LogP contribution < -0.4 is 0 Å². The zero-order valence-electron chi connectivity index (χ0n) is 6.46. The summed E-state index contributed by atoms with van der Waals surface area (Å²) in [5.74, 6) is 0.793. The van der Waals surface area contributed by atoms with E-state index in [4.69, 9.17) is 0 Å². The standard InChI is InChI=1S/C8H12N2/c1-6-8(7-3-4-7)9-5-10(6)2/h5,7H,3-4H2,1-2H3. The third-order valence-corrected chi connectivity index (χ3v) is 2.23. The van der Waals surface area contributed by atoms with Gasteiger partial charge in [0.2, 0.25) is 0 Å². The molecule has 0 saturated heterocycles. The van der Waals surface area contributed by atoms with Gasteiger partial charge in [0, 0.05) is 18.7 Å². The van der Waals surface area contributed by atoms with E-state index in [1.54, 1.807) is 0 Å². The number of hydrogen-bond acceptors (Lipinski definition) is 1. The van der Waals surface area contributed by atoms with Gasteiger partial charge in [-0.1, -0.05) is 0 Å². The van der Waals surface area contributed by atoms with Crippen molar-refractivity contribution in [2.75, 3.05) is 0 Å². The Labute approximate surface area is 60.9 Å². The molecule has 2 nitrogen and oxygen atoms in total. The first kappa shape index (κ1) is 5.96. The average molecular weight is 136 g/mol. The van der Waals surface area contributed by atoms with Crippen molar-refractivity contribution in [3.8, 4) is 0 Å². The quantitative estimate of drug-likeness (QED) is 0.573. The first-order chi connectivity index (χ1) is 4.79. The molecule has 1 aromatic heterocycles. The summed E-state index contributed by atoms with van der Waals surface area (Å²) >= 11 is 0. The zero-order valence-corrected chi connectivity index (χ0v) is 6.46. The van der Waals surface area contributed by atoms with E-state index in [0.717, 1.165) is 5.92 Å². The second-order valence-electron chi connectivity index (χ2n) is 3.10. The minimum Gasteiger partial charge on any atom is -0.338 e. The Bertz CT molecular complexity index is 246. The second kappa shape index (κ2) is 1.84. The summed E-state index contributed by atoms with van der Waals surface area (Å²) in [5.41, 5.74) is 2.66. The minimum atomic E-state index is 0.793. The summed E-state index contributed by atoms with van der Waals surface area (Å²) in [6.07, 6.45) is 4.60. The van der Waals surface area contributed by atoms with Gasteiger partial charge in [-0.05, 0) is 19.8 Å². The Kier molecular flexibility index (Phi) is 1.10. The average Bonchev–Trinajstić information content (AvgIpc) is 2.67. The minimum absolute atomic E-state index is 0.793. The molecule has 0 atom stereocenters. The van der Waals surface area contributed by atoms with Crippen LogP contribution in [0.25, 0.3) is 0 Å². The Balaban J connectivity index is 2.40. The lowest BCUT2D eigenvalue weighted by Crippen LogP contribution is -1.89. The van der Waals surface area contributed by atoms with Gasteiger partial charge in [-0.25, -0.2) is 4.98 Å². The van der Waals surface area contributed by atoms with Crippen LogP contribution in [-0.2, 0) is 7.05 Å². The first-order valence-electron chi connectivity index (χ1n) is 3.77. The molecule has 1 aliphatic rings. The molecule has 1 saturated carbocycles. The first-order valence-corrected chi connectivity index (χ1v) is 3.77. The van der Waals surface area contributed by atoms with Crippen LogP contribution in [0.2, 0.25) is 0 Å². The molecule has 0 bridgehead atoms. The van der Waals surface area contributed by atoms with Crippen LogP contribution in [0.1, 0.15) is 30.1 Å². The molecular weight excluding hydrogens is 124 g/mol. The number of hydrogen-bond donors (Lipinski definition) is 0. The molecule has 0 aliphatic heterocycles. The van der Waals surface area contributed by atoms with Gasteiger partial charge in [0.15, 0.2) is 0 Å². The fourth-order valence-electron chi connectivity index (χ4n) is 1.27. The highest BCUT2D eigenvalue weighted by atomic mass is 15.0. The van der Waals surface area contributed by atoms with E-state index < -0.39 is 0 Å². The van der Waals surface area contributed by atoms with Crippen LogP contribution >= 0.6 is 0 Å². The smallest absolute Gasteiger partial charge is 0.0949 e. The summed E-state index contributed by atoms with van der Waals surface area (Å²) in [7, 11) is 2.05. The monoisotopic (exact) mass is 136 g/mol. The molecule has 0 radical (unpaired) electrons. The molecule has 1 aliphatic carbocycles. The second-order valence-corrected chi connectivity index (χ2v) is 3.10.